The van der Waals surface area contributed by atoms with E-state index in [0.29, 0.717) is 12.4 Å². The molecule has 0 aliphatic heterocycles. The van der Waals surface area contributed by atoms with Crippen LogP contribution in [0.5, 0.6) is 0 Å². The molecule has 0 fully saturated rings. The molecule has 18 heavy (non-hydrogen) atoms. The number of imidazole rings is 1. The SMILES string of the molecule is ClCc1nc2ccc(Br)cc2n1Cc1ccoc1. The lowest BCUT2D eigenvalue weighted by Crippen LogP contribution is -2.02. The Morgan fingerprint density at radius 2 is 2.22 bits per heavy atom. The Labute approximate surface area is 118 Å². The predicted molar refractivity (Wildman–Crippen MR) is 74.8 cm³/mol. The van der Waals surface area contributed by atoms with E-state index in [4.69, 9.17) is 16.0 Å². The maximum Gasteiger partial charge on any atom is 0.125 e. The van der Waals surface area contributed by atoms with E-state index >= 15 is 0 Å². The molecule has 92 valence electrons. The zero-order chi connectivity index (χ0) is 12.5. The van der Waals surface area contributed by atoms with Gasteiger partial charge >= 0.3 is 0 Å². The Balaban J connectivity index is 2.15. The average molecular weight is 326 g/mol. The van der Waals surface area contributed by atoms with Gasteiger partial charge in [0.1, 0.15) is 5.82 Å². The van der Waals surface area contributed by atoms with Crippen molar-refractivity contribution in [3.63, 3.8) is 0 Å². The van der Waals surface area contributed by atoms with Gasteiger partial charge in [-0.3, -0.25) is 0 Å². The molecule has 0 atom stereocenters. The van der Waals surface area contributed by atoms with Crippen LogP contribution in [0, 0.1) is 0 Å². The second kappa shape index (κ2) is 4.78. The first-order chi connectivity index (χ1) is 8.78. The minimum Gasteiger partial charge on any atom is -0.472 e. The number of rotatable bonds is 3. The van der Waals surface area contributed by atoms with Crippen molar-refractivity contribution in [2.45, 2.75) is 12.4 Å². The lowest BCUT2D eigenvalue weighted by atomic mass is 10.3. The summed E-state index contributed by atoms with van der Waals surface area (Å²) in [4.78, 5) is 4.53. The van der Waals surface area contributed by atoms with Gasteiger partial charge in [0.2, 0.25) is 0 Å². The maximum absolute atomic E-state index is 5.97. The highest BCUT2D eigenvalue weighted by Gasteiger charge is 2.11. The van der Waals surface area contributed by atoms with E-state index in [1.54, 1.807) is 12.5 Å². The van der Waals surface area contributed by atoms with Gasteiger partial charge in [-0.1, -0.05) is 15.9 Å². The molecule has 0 aliphatic carbocycles. The molecule has 2 aromatic heterocycles. The quantitative estimate of drug-likeness (QED) is 0.676. The highest BCUT2D eigenvalue weighted by atomic mass is 79.9. The van der Waals surface area contributed by atoms with Crippen molar-refractivity contribution in [1.29, 1.82) is 0 Å². The lowest BCUT2D eigenvalue weighted by Gasteiger charge is -2.05. The van der Waals surface area contributed by atoms with Crippen molar-refractivity contribution in [2.24, 2.45) is 0 Å². The van der Waals surface area contributed by atoms with E-state index in [1.165, 1.54) is 0 Å². The Morgan fingerprint density at radius 1 is 1.33 bits per heavy atom. The van der Waals surface area contributed by atoms with E-state index < -0.39 is 0 Å². The monoisotopic (exact) mass is 324 g/mol. The van der Waals surface area contributed by atoms with Crippen molar-refractivity contribution < 1.29 is 4.42 Å². The topological polar surface area (TPSA) is 31.0 Å². The summed E-state index contributed by atoms with van der Waals surface area (Å²) in [5, 5.41) is 0. The predicted octanol–water partition coefficient (Wildman–Crippen LogP) is 4.18. The third kappa shape index (κ3) is 2.06. The molecule has 0 N–H and O–H groups in total. The molecule has 0 spiro atoms. The lowest BCUT2D eigenvalue weighted by molar-refractivity contribution is 0.562. The molecular weight excluding hydrogens is 316 g/mol. The largest absolute Gasteiger partial charge is 0.472 e. The van der Waals surface area contributed by atoms with Crippen LogP contribution >= 0.6 is 27.5 Å². The van der Waals surface area contributed by atoms with Gasteiger partial charge in [-0.2, -0.15) is 0 Å². The van der Waals surface area contributed by atoms with Crippen LogP contribution in [0.3, 0.4) is 0 Å². The van der Waals surface area contributed by atoms with Crippen molar-refractivity contribution >= 4 is 38.6 Å². The normalized spacial score (nSPS) is 11.2. The van der Waals surface area contributed by atoms with E-state index in [2.05, 4.69) is 31.5 Å². The number of alkyl halides is 1. The molecule has 0 aliphatic rings. The van der Waals surface area contributed by atoms with Gasteiger partial charge in [0.15, 0.2) is 0 Å². The molecule has 0 bridgehead atoms. The zero-order valence-corrected chi connectivity index (χ0v) is 11.8. The summed E-state index contributed by atoms with van der Waals surface area (Å²) in [7, 11) is 0. The van der Waals surface area contributed by atoms with Crippen molar-refractivity contribution in [3.05, 3.63) is 52.7 Å². The van der Waals surface area contributed by atoms with Crippen molar-refractivity contribution in [1.82, 2.24) is 9.55 Å². The summed E-state index contributed by atoms with van der Waals surface area (Å²) < 4.78 is 8.24. The van der Waals surface area contributed by atoms with Crippen LogP contribution in [-0.2, 0) is 12.4 Å². The number of hydrogen-bond acceptors (Lipinski definition) is 2. The summed E-state index contributed by atoms with van der Waals surface area (Å²) in [6.07, 6.45) is 3.41. The van der Waals surface area contributed by atoms with Crippen LogP contribution in [-0.4, -0.2) is 9.55 Å². The second-order valence-electron chi connectivity index (χ2n) is 4.01. The first-order valence-electron chi connectivity index (χ1n) is 5.49. The third-order valence-electron chi connectivity index (χ3n) is 2.83. The van der Waals surface area contributed by atoms with E-state index in [0.717, 1.165) is 26.9 Å². The molecule has 0 saturated carbocycles. The van der Waals surface area contributed by atoms with Gasteiger partial charge < -0.3 is 8.98 Å². The number of hydrogen-bond donors (Lipinski definition) is 0. The number of halogens is 2. The molecule has 1 aromatic carbocycles. The summed E-state index contributed by atoms with van der Waals surface area (Å²) in [6, 6.07) is 7.97. The van der Waals surface area contributed by atoms with Gasteiger partial charge in [0.05, 0.1) is 36.0 Å². The van der Waals surface area contributed by atoms with Crippen LogP contribution in [0.15, 0.2) is 45.7 Å². The summed E-state index contributed by atoms with van der Waals surface area (Å²) in [6.45, 7) is 0.714. The van der Waals surface area contributed by atoms with Gasteiger partial charge in [0.25, 0.3) is 0 Å². The molecule has 0 amide bonds. The number of benzene rings is 1. The average Bonchev–Trinajstić information content (AvgIpc) is 2.98. The Hall–Kier alpha value is -1.26. The van der Waals surface area contributed by atoms with Crippen LogP contribution in [0.1, 0.15) is 11.4 Å². The smallest absolute Gasteiger partial charge is 0.125 e. The molecule has 2 heterocycles. The van der Waals surface area contributed by atoms with Crippen molar-refractivity contribution in [3.8, 4) is 0 Å². The fourth-order valence-corrected chi connectivity index (χ4v) is 2.54. The fraction of sp³-hybridized carbons (Fsp3) is 0.154. The van der Waals surface area contributed by atoms with E-state index in [-0.39, 0.29) is 0 Å². The summed E-state index contributed by atoms with van der Waals surface area (Å²) >= 11 is 9.45. The van der Waals surface area contributed by atoms with Crippen LogP contribution in [0.2, 0.25) is 0 Å². The molecule has 0 saturated heterocycles. The fourth-order valence-electron chi connectivity index (χ4n) is 1.99. The second-order valence-corrected chi connectivity index (χ2v) is 5.20. The zero-order valence-electron chi connectivity index (χ0n) is 9.44. The summed E-state index contributed by atoms with van der Waals surface area (Å²) in [5.41, 5.74) is 3.12. The highest BCUT2D eigenvalue weighted by molar-refractivity contribution is 9.10. The summed E-state index contributed by atoms with van der Waals surface area (Å²) in [5.74, 6) is 1.26. The van der Waals surface area contributed by atoms with Gasteiger partial charge in [-0.05, 0) is 24.3 Å². The first kappa shape index (κ1) is 11.8. The third-order valence-corrected chi connectivity index (χ3v) is 3.56. The van der Waals surface area contributed by atoms with E-state index in [9.17, 15) is 0 Å². The molecule has 0 unspecified atom stereocenters. The minimum atomic E-state index is 0.393. The molecular formula is C13H10BrClN2O. The van der Waals surface area contributed by atoms with Crippen LogP contribution in [0.4, 0.5) is 0 Å². The first-order valence-corrected chi connectivity index (χ1v) is 6.82. The Bertz CT molecular complexity index is 676. The van der Waals surface area contributed by atoms with Crippen LogP contribution < -0.4 is 0 Å². The van der Waals surface area contributed by atoms with Gasteiger partial charge in [-0.15, -0.1) is 11.6 Å². The Morgan fingerprint density at radius 3 is 2.94 bits per heavy atom. The number of furan rings is 1. The molecule has 5 heteroatoms. The number of nitrogens with zero attached hydrogens (tertiary/aromatic N) is 2. The highest BCUT2D eigenvalue weighted by Crippen LogP contribution is 2.23. The van der Waals surface area contributed by atoms with Gasteiger partial charge in [0, 0.05) is 10.0 Å². The Kier molecular flexibility index (Phi) is 3.14. The van der Waals surface area contributed by atoms with Crippen molar-refractivity contribution in [2.75, 3.05) is 0 Å². The van der Waals surface area contributed by atoms with Crippen LogP contribution in [0.25, 0.3) is 11.0 Å². The molecule has 3 nitrogen and oxygen atoms in total. The molecule has 3 aromatic rings. The number of aromatic nitrogens is 2. The standard InChI is InChI=1S/C13H10BrClN2O/c14-10-1-2-11-12(5-10)17(13(6-15)16-11)7-9-3-4-18-8-9/h1-5,8H,6-7H2. The maximum atomic E-state index is 5.97. The molecule has 0 radical (unpaired) electrons. The van der Waals surface area contributed by atoms with E-state index in [1.807, 2.05) is 18.2 Å². The number of fused-ring (bicyclic) bond motifs is 1. The molecule has 3 rings (SSSR count). The van der Waals surface area contributed by atoms with Gasteiger partial charge in [-0.25, -0.2) is 4.98 Å². The minimum absolute atomic E-state index is 0.393.